The van der Waals surface area contributed by atoms with Gasteiger partial charge in [-0.2, -0.15) is 13.2 Å². The lowest BCUT2D eigenvalue weighted by molar-refractivity contribution is -0.137. The third-order valence-corrected chi connectivity index (χ3v) is 3.33. The van der Waals surface area contributed by atoms with E-state index in [4.69, 9.17) is 0 Å². The Balaban J connectivity index is 1.85. The topological polar surface area (TPSA) is 61.4 Å². The Morgan fingerprint density at radius 1 is 1.25 bits per heavy atom. The minimum atomic E-state index is -4.39. The highest BCUT2D eigenvalue weighted by molar-refractivity contribution is 5.89. The number of carbonyl (C=O) groups is 1. The zero-order chi connectivity index (χ0) is 14.8. The summed E-state index contributed by atoms with van der Waals surface area (Å²) in [7, 11) is 0. The minimum absolute atomic E-state index is 0.138. The summed E-state index contributed by atoms with van der Waals surface area (Å²) in [6.07, 6.45) is -2.17. The Kier molecular flexibility index (Phi) is 3.89. The maximum atomic E-state index is 12.4. The molecule has 2 amide bonds. The van der Waals surface area contributed by atoms with Crippen LogP contribution in [0.3, 0.4) is 0 Å². The van der Waals surface area contributed by atoms with Crippen molar-refractivity contribution in [2.75, 3.05) is 11.9 Å². The molecule has 0 radical (unpaired) electrons. The highest BCUT2D eigenvalue weighted by Crippen LogP contribution is 2.31. The number of alkyl halides is 3. The molecule has 1 saturated carbocycles. The average molecular weight is 288 g/mol. The number of rotatable bonds is 3. The van der Waals surface area contributed by atoms with Gasteiger partial charge in [-0.05, 0) is 43.5 Å². The first kappa shape index (κ1) is 14.6. The Morgan fingerprint density at radius 3 is 2.30 bits per heavy atom. The number of amides is 2. The first-order valence-electron chi connectivity index (χ1n) is 6.23. The summed E-state index contributed by atoms with van der Waals surface area (Å²) in [5, 5.41) is 14.7. The van der Waals surface area contributed by atoms with Crippen LogP contribution in [-0.4, -0.2) is 23.3 Å². The van der Waals surface area contributed by atoms with Crippen LogP contribution in [-0.2, 0) is 6.18 Å². The predicted molar refractivity (Wildman–Crippen MR) is 67.3 cm³/mol. The van der Waals surface area contributed by atoms with Crippen molar-refractivity contribution in [1.82, 2.24) is 5.32 Å². The van der Waals surface area contributed by atoms with Crippen LogP contribution in [0.5, 0.6) is 0 Å². The fourth-order valence-corrected chi connectivity index (χ4v) is 1.92. The van der Waals surface area contributed by atoms with Gasteiger partial charge >= 0.3 is 12.2 Å². The fraction of sp³-hybridized carbons (Fsp3) is 0.462. The molecule has 0 heterocycles. The van der Waals surface area contributed by atoms with Gasteiger partial charge < -0.3 is 15.7 Å². The van der Waals surface area contributed by atoms with Gasteiger partial charge in [-0.3, -0.25) is 0 Å². The van der Waals surface area contributed by atoms with Crippen LogP contribution in [0.25, 0.3) is 0 Å². The van der Waals surface area contributed by atoms with E-state index in [-0.39, 0.29) is 12.2 Å². The molecular formula is C13H15F3N2O2. The van der Waals surface area contributed by atoms with Crippen molar-refractivity contribution >= 4 is 11.7 Å². The molecule has 20 heavy (non-hydrogen) atoms. The summed E-state index contributed by atoms with van der Waals surface area (Å²) < 4.78 is 37.1. The number of urea groups is 1. The van der Waals surface area contributed by atoms with E-state index in [1.807, 2.05) is 0 Å². The van der Waals surface area contributed by atoms with Gasteiger partial charge in [-0.25, -0.2) is 4.79 Å². The van der Waals surface area contributed by atoms with Crippen LogP contribution < -0.4 is 10.6 Å². The second-order valence-corrected chi connectivity index (χ2v) is 4.96. The molecule has 0 bridgehead atoms. The van der Waals surface area contributed by atoms with E-state index in [1.165, 1.54) is 12.1 Å². The van der Waals surface area contributed by atoms with E-state index in [0.717, 1.165) is 18.6 Å². The first-order valence-corrected chi connectivity index (χ1v) is 6.23. The Hall–Kier alpha value is -1.76. The molecule has 1 aromatic carbocycles. The lowest BCUT2D eigenvalue weighted by Gasteiger charge is -2.36. The van der Waals surface area contributed by atoms with Crippen molar-refractivity contribution in [3.05, 3.63) is 29.8 Å². The van der Waals surface area contributed by atoms with E-state index in [1.54, 1.807) is 0 Å². The van der Waals surface area contributed by atoms with Gasteiger partial charge in [0, 0.05) is 12.2 Å². The van der Waals surface area contributed by atoms with Crippen molar-refractivity contribution in [1.29, 1.82) is 0 Å². The number of hydrogen-bond acceptors (Lipinski definition) is 2. The van der Waals surface area contributed by atoms with E-state index >= 15 is 0 Å². The second kappa shape index (κ2) is 5.32. The normalized spacial score (nSPS) is 17.2. The van der Waals surface area contributed by atoms with Crippen molar-refractivity contribution < 1.29 is 23.1 Å². The molecule has 1 aliphatic carbocycles. The van der Waals surface area contributed by atoms with E-state index < -0.39 is 23.4 Å². The fourth-order valence-electron chi connectivity index (χ4n) is 1.92. The maximum Gasteiger partial charge on any atom is 0.416 e. The molecule has 0 unspecified atom stereocenters. The van der Waals surface area contributed by atoms with Gasteiger partial charge in [0.1, 0.15) is 0 Å². The highest BCUT2D eigenvalue weighted by atomic mass is 19.4. The van der Waals surface area contributed by atoms with Gasteiger partial charge in [0.15, 0.2) is 0 Å². The summed E-state index contributed by atoms with van der Waals surface area (Å²) in [6, 6.07) is 3.61. The smallest absolute Gasteiger partial charge is 0.388 e. The minimum Gasteiger partial charge on any atom is -0.388 e. The Labute approximate surface area is 114 Å². The van der Waals surface area contributed by atoms with Crippen LogP contribution in [0.1, 0.15) is 24.8 Å². The van der Waals surface area contributed by atoms with Crippen LogP contribution in [0.15, 0.2) is 24.3 Å². The number of anilines is 1. The number of nitrogens with one attached hydrogen (secondary N) is 2. The molecule has 110 valence electrons. The Bertz CT molecular complexity index is 481. The summed E-state index contributed by atoms with van der Waals surface area (Å²) in [5.74, 6) is 0. The molecule has 4 nitrogen and oxygen atoms in total. The molecule has 7 heteroatoms. The molecule has 0 spiro atoms. The van der Waals surface area contributed by atoms with Gasteiger partial charge in [-0.1, -0.05) is 0 Å². The second-order valence-electron chi connectivity index (χ2n) is 4.96. The molecule has 1 aliphatic rings. The van der Waals surface area contributed by atoms with Crippen molar-refractivity contribution in [2.24, 2.45) is 0 Å². The zero-order valence-corrected chi connectivity index (χ0v) is 10.6. The van der Waals surface area contributed by atoms with Crippen LogP contribution in [0.2, 0.25) is 0 Å². The lowest BCUT2D eigenvalue weighted by Crippen LogP contribution is -2.48. The number of halogens is 3. The SMILES string of the molecule is O=C(NCC1(O)CCC1)Nc1ccc(C(F)(F)F)cc1. The number of hydrogen-bond donors (Lipinski definition) is 3. The third-order valence-electron chi connectivity index (χ3n) is 3.33. The predicted octanol–water partition coefficient (Wildman–Crippen LogP) is 2.74. The maximum absolute atomic E-state index is 12.4. The van der Waals surface area contributed by atoms with Crippen molar-refractivity contribution in [2.45, 2.75) is 31.0 Å². The summed E-state index contributed by atoms with van der Waals surface area (Å²) >= 11 is 0. The molecule has 1 aromatic rings. The molecule has 0 atom stereocenters. The number of carbonyl (C=O) groups excluding carboxylic acids is 1. The van der Waals surface area contributed by atoms with Gasteiger partial charge in [0.05, 0.1) is 11.2 Å². The van der Waals surface area contributed by atoms with Gasteiger partial charge in [0.2, 0.25) is 0 Å². The van der Waals surface area contributed by atoms with Crippen molar-refractivity contribution in [3.63, 3.8) is 0 Å². The van der Waals surface area contributed by atoms with Crippen LogP contribution >= 0.6 is 0 Å². The average Bonchev–Trinajstić information content (AvgIpc) is 2.33. The Morgan fingerprint density at radius 2 is 1.85 bits per heavy atom. The molecule has 0 aliphatic heterocycles. The summed E-state index contributed by atoms with van der Waals surface area (Å²) in [4.78, 5) is 11.5. The first-order chi connectivity index (χ1) is 9.28. The third kappa shape index (κ3) is 3.63. The zero-order valence-electron chi connectivity index (χ0n) is 10.6. The van der Waals surface area contributed by atoms with Gasteiger partial charge in [0.25, 0.3) is 0 Å². The number of benzene rings is 1. The van der Waals surface area contributed by atoms with E-state index in [2.05, 4.69) is 10.6 Å². The molecule has 0 aromatic heterocycles. The van der Waals surface area contributed by atoms with Gasteiger partial charge in [-0.15, -0.1) is 0 Å². The summed E-state index contributed by atoms with van der Waals surface area (Å²) in [5.41, 5.74) is -1.35. The lowest BCUT2D eigenvalue weighted by atomic mass is 9.80. The quantitative estimate of drug-likeness (QED) is 0.801. The molecular weight excluding hydrogens is 273 g/mol. The monoisotopic (exact) mass is 288 g/mol. The molecule has 3 N–H and O–H groups in total. The molecule has 1 fully saturated rings. The van der Waals surface area contributed by atoms with Crippen LogP contribution in [0, 0.1) is 0 Å². The molecule has 2 rings (SSSR count). The highest BCUT2D eigenvalue weighted by Gasteiger charge is 2.34. The number of aliphatic hydroxyl groups is 1. The summed E-state index contributed by atoms with van der Waals surface area (Å²) in [6.45, 7) is 0.138. The van der Waals surface area contributed by atoms with Crippen LogP contribution in [0.4, 0.5) is 23.7 Å². The standard InChI is InChI=1S/C13H15F3N2O2/c14-13(15,16)9-2-4-10(5-3-9)18-11(19)17-8-12(20)6-1-7-12/h2-5,20H,1,6-8H2,(H2,17,18,19). The van der Waals surface area contributed by atoms with Crippen molar-refractivity contribution in [3.8, 4) is 0 Å². The van der Waals surface area contributed by atoms with E-state index in [0.29, 0.717) is 12.8 Å². The molecule has 0 saturated heterocycles. The van der Waals surface area contributed by atoms with E-state index in [9.17, 15) is 23.1 Å². The largest absolute Gasteiger partial charge is 0.416 e.